The molecule has 0 radical (unpaired) electrons. The van der Waals surface area contributed by atoms with E-state index in [0.717, 1.165) is 5.57 Å². The Hall–Kier alpha value is -0.980. The van der Waals surface area contributed by atoms with Crippen LogP contribution in [0.1, 0.15) is 107 Å². The van der Waals surface area contributed by atoms with Gasteiger partial charge in [-0.2, -0.15) is 0 Å². The van der Waals surface area contributed by atoms with Gasteiger partial charge >= 0.3 is 0 Å². The minimum absolute atomic E-state index is 0.0828. The number of ether oxygens (including phenoxy) is 6. The fraction of sp³-hybridized carbons (Fsp3) is 0.957. The lowest BCUT2D eigenvalue weighted by Crippen LogP contribution is -2.71. The average molecular weight is 933 g/mol. The van der Waals surface area contributed by atoms with Crippen LogP contribution >= 0.6 is 0 Å². The lowest BCUT2D eigenvalue weighted by atomic mass is 9.34. The van der Waals surface area contributed by atoms with Crippen LogP contribution in [0.5, 0.6) is 0 Å². The monoisotopic (exact) mass is 933 g/mol. The highest BCUT2D eigenvalue weighted by Crippen LogP contribution is 2.76. The fourth-order valence-corrected chi connectivity index (χ4v) is 14.6. The molecule has 25 atom stereocenters. The highest BCUT2D eigenvalue weighted by molar-refractivity contribution is 5.22. The summed E-state index contributed by atoms with van der Waals surface area (Å²) in [6.07, 6.45) is -17.2. The molecular formula is C47H80O18. The van der Waals surface area contributed by atoms with Gasteiger partial charge in [-0.05, 0) is 117 Å². The summed E-state index contributed by atoms with van der Waals surface area (Å²) >= 11 is 0. The third kappa shape index (κ3) is 8.72. The second-order valence-electron chi connectivity index (χ2n) is 22.6. The first-order chi connectivity index (χ1) is 30.3. The summed E-state index contributed by atoms with van der Waals surface area (Å²) in [5, 5.41) is 131. The van der Waals surface area contributed by atoms with Gasteiger partial charge in [0.2, 0.25) is 0 Å². The molecule has 7 rings (SSSR count). The number of aliphatic hydroxyl groups is 12. The van der Waals surface area contributed by atoms with E-state index in [-0.39, 0.29) is 30.3 Å². The topological polar surface area (TPSA) is 298 Å². The minimum atomic E-state index is -1.73. The van der Waals surface area contributed by atoms with Crippen molar-refractivity contribution in [2.45, 2.75) is 217 Å². The molecule has 3 saturated heterocycles. The maximum Gasteiger partial charge on any atom is 0.187 e. The second-order valence-corrected chi connectivity index (χ2v) is 22.6. The highest BCUT2D eigenvalue weighted by Gasteiger charge is 2.74. The fourth-order valence-electron chi connectivity index (χ4n) is 14.6. The van der Waals surface area contributed by atoms with E-state index in [1.54, 1.807) is 0 Å². The number of fused-ring (bicyclic) bond motifs is 5. The van der Waals surface area contributed by atoms with Crippen LogP contribution in [0.15, 0.2) is 11.6 Å². The van der Waals surface area contributed by atoms with Crippen molar-refractivity contribution in [3.63, 3.8) is 0 Å². The zero-order valence-corrected chi connectivity index (χ0v) is 39.3. The molecule has 7 fully saturated rings. The molecule has 18 nitrogen and oxygen atoms in total. The van der Waals surface area contributed by atoms with Crippen molar-refractivity contribution < 1.29 is 89.7 Å². The van der Waals surface area contributed by atoms with Crippen molar-refractivity contribution in [2.24, 2.45) is 45.3 Å². The van der Waals surface area contributed by atoms with Gasteiger partial charge in [-0.3, -0.25) is 0 Å². The van der Waals surface area contributed by atoms with E-state index in [2.05, 4.69) is 26.8 Å². The van der Waals surface area contributed by atoms with Crippen LogP contribution in [-0.4, -0.2) is 191 Å². The van der Waals surface area contributed by atoms with Crippen LogP contribution in [0.25, 0.3) is 0 Å². The van der Waals surface area contributed by atoms with E-state index < -0.39 is 145 Å². The van der Waals surface area contributed by atoms with Crippen LogP contribution in [-0.2, 0) is 28.4 Å². The summed E-state index contributed by atoms with van der Waals surface area (Å²) in [7, 11) is 0. The largest absolute Gasteiger partial charge is 0.394 e. The molecule has 18 heteroatoms. The Kier molecular flexibility index (Phi) is 15.1. The molecule has 3 aliphatic heterocycles. The predicted molar refractivity (Wildman–Crippen MR) is 229 cm³/mol. The van der Waals surface area contributed by atoms with Crippen LogP contribution in [0.4, 0.5) is 0 Å². The Balaban J connectivity index is 1.27. The van der Waals surface area contributed by atoms with Gasteiger partial charge in [0.1, 0.15) is 67.1 Å². The van der Waals surface area contributed by atoms with E-state index in [1.165, 1.54) is 0 Å². The summed E-state index contributed by atoms with van der Waals surface area (Å²) in [4.78, 5) is 0. The van der Waals surface area contributed by atoms with Gasteiger partial charge in [-0.25, -0.2) is 0 Å². The summed E-state index contributed by atoms with van der Waals surface area (Å²) in [5.41, 5.74) is -2.41. The van der Waals surface area contributed by atoms with Crippen LogP contribution in [0, 0.1) is 45.3 Å². The van der Waals surface area contributed by atoms with Gasteiger partial charge in [0.05, 0.1) is 43.7 Å². The number of hydrogen-bond donors (Lipinski definition) is 12. The molecule has 7 aliphatic rings. The van der Waals surface area contributed by atoms with Crippen molar-refractivity contribution in [1.82, 2.24) is 0 Å². The summed E-state index contributed by atoms with van der Waals surface area (Å²) < 4.78 is 37.7. The van der Waals surface area contributed by atoms with Crippen molar-refractivity contribution in [1.29, 1.82) is 0 Å². The van der Waals surface area contributed by atoms with Crippen molar-refractivity contribution in [3.8, 4) is 0 Å². The number of aliphatic hydroxyl groups excluding tert-OH is 12. The first-order valence-electron chi connectivity index (χ1n) is 23.9. The third-order valence-corrected chi connectivity index (χ3v) is 18.3. The Morgan fingerprint density at radius 3 is 1.94 bits per heavy atom. The minimum Gasteiger partial charge on any atom is -0.394 e. The molecule has 0 bridgehead atoms. The molecule has 376 valence electrons. The van der Waals surface area contributed by atoms with E-state index in [1.807, 2.05) is 34.6 Å². The van der Waals surface area contributed by atoms with Gasteiger partial charge in [-0.15, -0.1) is 0 Å². The Bertz CT molecular complexity index is 1660. The Morgan fingerprint density at radius 2 is 1.31 bits per heavy atom. The molecule has 4 aliphatic carbocycles. The first-order valence-corrected chi connectivity index (χ1v) is 23.9. The molecule has 65 heavy (non-hydrogen) atoms. The van der Waals surface area contributed by atoms with Gasteiger partial charge in [-0.1, -0.05) is 46.3 Å². The summed E-state index contributed by atoms with van der Waals surface area (Å²) in [6, 6.07) is 0. The number of rotatable bonds is 12. The van der Waals surface area contributed by atoms with Gasteiger partial charge in [0.15, 0.2) is 18.9 Å². The molecule has 4 saturated carbocycles. The lowest BCUT2D eigenvalue weighted by molar-refractivity contribution is -0.377. The molecule has 0 unspecified atom stereocenters. The summed E-state index contributed by atoms with van der Waals surface area (Å²) in [5.74, 6) is -1.11. The van der Waals surface area contributed by atoms with Crippen LogP contribution in [0.2, 0.25) is 0 Å². The molecule has 0 aromatic carbocycles. The van der Waals surface area contributed by atoms with Crippen molar-refractivity contribution in [3.05, 3.63) is 11.6 Å². The van der Waals surface area contributed by atoms with Gasteiger partial charge in [0, 0.05) is 0 Å². The molecule has 0 amide bonds. The number of hydrogen-bond acceptors (Lipinski definition) is 18. The van der Waals surface area contributed by atoms with Crippen LogP contribution in [0.3, 0.4) is 0 Å². The second kappa shape index (κ2) is 19.0. The van der Waals surface area contributed by atoms with E-state index in [0.29, 0.717) is 51.4 Å². The third-order valence-electron chi connectivity index (χ3n) is 18.3. The SMILES string of the molecule is CC(C)=CCC[C@](C)(O[C@@H]1O[C@H](CO)[C@@H](O)[C@H](O)[C@H]1O)[C@H]1CC[C@]2(C)[C@H]1[C@H](O)C[C@@H]1[C@@]3(C)CC[C@H](O)C(C)(C)[C@@H]3[C@@H](O[C@@H]3O[C@H](CO)[C@@H](O)[C@H](O)[C@H]3O[C@@H]3OC[C@@H](O)[C@H](O)[C@H]3O)C[C@]12C. The normalized spacial score (nSPS) is 53.0. The zero-order valence-electron chi connectivity index (χ0n) is 39.3. The smallest absolute Gasteiger partial charge is 0.187 e. The van der Waals surface area contributed by atoms with Crippen molar-refractivity contribution >= 4 is 0 Å². The molecule has 0 aromatic rings. The maximum absolute atomic E-state index is 12.7. The molecular weight excluding hydrogens is 852 g/mol. The van der Waals surface area contributed by atoms with Crippen molar-refractivity contribution in [2.75, 3.05) is 19.8 Å². The standard InChI is InChI=1S/C47H80O18/c1-21(2)10-9-13-47(8,65-41-37(59)34(56)32(54)26(18-48)62-41)22-11-15-45(6)30(22)23(50)16-28-44(5)14-12-29(52)43(3,4)39(44)25(17-46(28,45)7)61-42-38(35(57)33(55)27(19-49)63-42)64-40-36(58)31(53)24(51)20-60-40/h10,22-42,48-59H,9,11-20H2,1-8H3/t22-,23+,24+,25-,26+,27+,28+,29-,30+,31-,32+,33+,34-,35-,36+,37+,38+,39-,40-,41-,42+,44+,45+,46+,47-/m0/s1. The quantitative estimate of drug-likeness (QED) is 0.0874. The average Bonchev–Trinajstić information content (AvgIpc) is 3.63. The maximum atomic E-state index is 12.7. The van der Waals surface area contributed by atoms with E-state index in [9.17, 15) is 61.3 Å². The number of allylic oxidation sites excluding steroid dienone is 2. The van der Waals surface area contributed by atoms with Crippen LogP contribution < -0.4 is 0 Å². The summed E-state index contributed by atoms with van der Waals surface area (Å²) in [6.45, 7) is 15.0. The predicted octanol–water partition coefficient (Wildman–Crippen LogP) is -0.417. The van der Waals surface area contributed by atoms with E-state index in [4.69, 9.17) is 28.4 Å². The lowest BCUT2D eigenvalue weighted by Gasteiger charge is -2.72. The van der Waals surface area contributed by atoms with Gasteiger partial charge < -0.3 is 89.7 Å². The highest BCUT2D eigenvalue weighted by atomic mass is 16.8. The molecule has 0 aromatic heterocycles. The van der Waals surface area contributed by atoms with E-state index >= 15 is 0 Å². The molecule has 3 heterocycles. The molecule has 12 N–H and O–H groups in total. The van der Waals surface area contributed by atoms with Gasteiger partial charge in [0.25, 0.3) is 0 Å². The first kappa shape index (κ1) is 51.9. The Labute approximate surface area is 382 Å². The Morgan fingerprint density at radius 1 is 0.692 bits per heavy atom. The zero-order chi connectivity index (χ0) is 47.9. The molecule has 0 spiro atoms.